The zero-order chi connectivity index (χ0) is 25.7. The lowest BCUT2D eigenvalue weighted by atomic mass is 10.1. The first kappa shape index (κ1) is 22.8. The van der Waals surface area contributed by atoms with Crippen molar-refractivity contribution in [2.24, 2.45) is 12.8 Å². The number of rotatable bonds is 6. The van der Waals surface area contributed by atoms with Gasteiger partial charge in [0.15, 0.2) is 17.1 Å². The van der Waals surface area contributed by atoms with Crippen molar-refractivity contribution in [2.75, 3.05) is 43.4 Å². The normalized spacial score (nSPS) is 14.7. The van der Waals surface area contributed by atoms with Crippen LogP contribution in [-0.4, -0.2) is 72.2 Å². The lowest BCUT2D eigenvalue weighted by Gasteiger charge is -2.36. The van der Waals surface area contributed by atoms with Crippen molar-refractivity contribution >= 4 is 34.4 Å². The van der Waals surface area contributed by atoms with Gasteiger partial charge in [-0.05, 0) is 36.4 Å². The van der Waals surface area contributed by atoms with Crippen LogP contribution in [0.2, 0.25) is 0 Å². The molecule has 1 fully saturated rings. The van der Waals surface area contributed by atoms with E-state index in [1.165, 1.54) is 9.08 Å². The fourth-order valence-corrected chi connectivity index (χ4v) is 4.81. The van der Waals surface area contributed by atoms with Crippen molar-refractivity contribution in [2.45, 2.75) is 6.54 Å². The molecule has 0 saturated carbocycles. The van der Waals surface area contributed by atoms with Crippen LogP contribution in [0.3, 0.4) is 0 Å². The molecule has 13 heteroatoms. The lowest BCUT2D eigenvalue weighted by Crippen LogP contribution is -2.47. The van der Waals surface area contributed by atoms with Crippen molar-refractivity contribution in [1.29, 1.82) is 0 Å². The van der Waals surface area contributed by atoms with Gasteiger partial charge in [0.2, 0.25) is 17.7 Å². The van der Waals surface area contributed by atoms with Crippen molar-refractivity contribution in [3.8, 4) is 11.6 Å². The van der Waals surface area contributed by atoms with E-state index in [0.29, 0.717) is 47.0 Å². The molecule has 6 rings (SSSR count). The first-order chi connectivity index (χ1) is 17.9. The second kappa shape index (κ2) is 8.78. The average molecular weight is 503 g/mol. The van der Waals surface area contributed by atoms with Crippen LogP contribution in [0.25, 0.3) is 28.4 Å². The summed E-state index contributed by atoms with van der Waals surface area (Å²) >= 11 is 0. The van der Waals surface area contributed by atoms with Crippen LogP contribution < -0.4 is 22.1 Å². The van der Waals surface area contributed by atoms with Crippen LogP contribution in [0.4, 0.5) is 11.6 Å². The Morgan fingerprint density at radius 1 is 1.03 bits per heavy atom. The minimum Gasteiger partial charge on any atom is -0.461 e. The third kappa shape index (κ3) is 3.89. The van der Waals surface area contributed by atoms with Crippen LogP contribution in [-0.2, 0) is 13.6 Å². The Morgan fingerprint density at radius 2 is 1.78 bits per heavy atom. The van der Waals surface area contributed by atoms with Crippen molar-refractivity contribution in [3.63, 3.8) is 0 Å². The average Bonchev–Trinajstić information content (AvgIpc) is 3.64. The molecular weight excluding hydrogens is 476 g/mol. The predicted molar refractivity (Wildman–Crippen MR) is 137 cm³/mol. The summed E-state index contributed by atoms with van der Waals surface area (Å²) in [6.07, 6.45) is 1.55. The molecule has 5 heterocycles. The maximum Gasteiger partial charge on any atom is 0.330 e. The second-order valence-corrected chi connectivity index (χ2v) is 9.02. The number of furan rings is 1. The molecule has 190 valence electrons. The molecule has 1 saturated heterocycles. The van der Waals surface area contributed by atoms with E-state index in [2.05, 4.69) is 24.9 Å². The third-order valence-corrected chi connectivity index (χ3v) is 6.85. The standard InChI is InChI=1S/C24H26N10O3/c1-30-18-21(28-23(26)34-22(18)27-20(29-34)17-3-2-14-37-17)33(24(30)36)13-10-31-8-11-32(12-9-31)16-6-4-15(5-7-16)19(25)35/h2-7,14H,8-13H2,1H3,(H2,25,35)(H2,26,28). The number of nitrogens with zero attached hydrogens (tertiary/aromatic N) is 8. The number of anilines is 2. The number of carbonyl (C=O) groups is 1. The van der Waals surface area contributed by atoms with Gasteiger partial charge in [-0.25, -0.2) is 9.78 Å². The van der Waals surface area contributed by atoms with Crippen LogP contribution >= 0.6 is 0 Å². The summed E-state index contributed by atoms with van der Waals surface area (Å²) in [5, 5.41) is 4.41. The molecular formula is C24H26N10O3. The van der Waals surface area contributed by atoms with Gasteiger partial charge in [0.25, 0.3) is 0 Å². The predicted octanol–water partition coefficient (Wildman–Crippen LogP) is 0.541. The summed E-state index contributed by atoms with van der Waals surface area (Å²) in [4.78, 5) is 38.2. The van der Waals surface area contributed by atoms with E-state index in [4.69, 9.17) is 15.9 Å². The SMILES string of the molecule is Cn1c(=O)n(CCN2CCN(c3ccc(C(N)=O)cc3)CC2)c2nc(N)n3nc(-c4ccco4)nc3c21. The van der Waals surface area contributed by atoms with Gasteiger partial charge < -0.3 is 20.8 Å². The Balaban J connectivity index is 1.21. The maximum atomic E-state index is 13.2. The molecule has 0 aliphatic carbocycles. The van der Waals surface area contributed by atoms with E-state index < -0.39 is 5.91 Å². The molecule has 5 aromatic rings. The Kier molecular flexibility index (Phi) is 5.41. The highest BCUT2D eigenvalue weighted by molar-refractivity contribution is 5.93. The van der Waals surface area contributed by atoms with Crippen molar-refractivity contribution in [3.05, 3.63) is 58.7 Å². The number of aryl methyl sites for hydroxylation is 1. The molecule has 0 radical (unpaired) electrons. The zero-order valence-corrected chi connectivity index (χ0v) is 20.2. The van der Waals surface area contributed by atoms with E-state index in [9.17, 15) is 9.59 Å². The molecule has 37 heavy (non-hydrogen) atoms. The number of benzene rings is 1. The first-order valence-corrected chi connectivity index (χ1v) is 11.9. The number of imidazole rings is 1. The van der Waals surface area contributed by atoms with Gasteiger partial charge >= 0.3 is 5.69 Å². The quantitative estimate of drug-likeness (QED) is 0.338. The van der Waals surface area contributed by atoms with Gasteiger partial charge in [0.1, 0.15) is 5.52 Å². The summed E-state index contributed by atoms with van der Waals surface area (Å²) < 4.78 is 10.0. The number of hydrogen-bond acceptors (Lipinski definition) is 9. The smallest absolute Gasteiger partial charge is 0.330 e. The van der Waals surface area contributed by atoms with Crippen molar-refractivity contribution < 1.29 is 9.21 Å². The number of nitrogens with two attached hydrogens (primary N) is 2. The number of aromatic nitrogens is 6. The second-order valence-electron chi connectivity index (χ2n) is 9.02. The zero-order valence-electron chi connectivity index (χ0n) is 20.2. The Morgan fingerprint density at radius 3 is 2.46 bits per heavy atom. The minimum atomic E-state index is -0.431. The van der Waals surface area contributed by atoms with E-state index in [0.717, 1.165) is 31.9 Å². The van der Waals surface area contributed by atoms with Gasteiger partial charge in [0.05, 0.1) is 6.26 Å². The summed E-state index contributed by atoms with van der Waals surface area (Å²) in [5.41, 5.74) is 14.4. The summed E-state index contributed by atoms with van der Waals surface area (Å²) in [6.45, 7) is 4.50. The van der Waals surface area contributed by atoms with E-state index in [1.807, 2.05) is 12.1 Å². The molecule has 4 N–H and O–H groups in total. The van der Waals surface area contributed by atoms with Crippen molar-refractivity contribution in [1.82, 2.24) is 33.6 Å². The van der Waals surface area contributed by atoms with Crippen LogP contribution in [0, 0.1) is 0 Å². The number of piperazine rings is 1. The molecule has 0 atom stereocenters. The molecule has 13 nitrogen and oxygen atoms in total. The number of fused-ring (bicyclic) bond motifs is 3. The molecule has 4 aromatic heterocycles. The van der Waals surface area contributed by atoms with Crippen LogP contribution in [0.15, 0.2) is 51.9 Å². The minimum absolute atomic E-state index is 0.142. The first-order valence-electron chi connectivity index (χ1n) is 11.9. The highest BCUT2D eigenvalue weighted by Crippen LogP contribution is 2.23. The fraction of sp³-hybridized carbons (Fsp3) is 0.292. The molecule has 1 aromatic carbocycles. The van der Waals surface area contributed by atoms with Crippen LogP contribution in [0.1, 0.15) is 10.4 Å². The van der Waals surface area contributed by atoms with Crippen LogP contribution in [0.5, 0.6) is 0 Å². The molecule has 1 aliphatic heterocycles. The highest BCUT2D eigenvalue weighted by atomic mass is 16.3. The number of primary amides is 1. The number of hydrogen-bond donors (Lipinski definition) is 2. The van der Waals surface area contributed by atoms with E-state index in [-0.39, 0.29) is 11.6 Å². The largest absolute Gasteiger partial charge is 0.461 e. The van der Waals surface area contributed by atoms with Gasteiger partial charge in [0, 0.05) is 57.6 Å². The van der Waals surface area contributed by atoms with Gasteiger partial charge in [-0.1, -0.05) is 0 Å². The summed E-state index contributed by atoms with van der Waals surface area (Å²) in [6, 6.07) is 10.9. The van der Waals surface area contributed by atoms with Gasteiger partial charge in [-0.3, -0.25) is 18.8 Å². The molecule has 1 amide bonds. The Bertz CT molecular complexity index is 1660. The number of amides is 1. The van der Waals surface area contributed by atoms with Gasteiger partial charge in [-0.2, -0.15) is 9.50 Å². The molecule has 1 aliphatic rings. The fourth-order valence-electron chi connectivity index (χ4n) is 4.81. The summed E-state index contributed by atoms with van der Waals surface area (Å²) in [5.74, 6) is 0.583. The van der Waals surface area contributed by atoms with Gasteiger partial charge in [-0.15, -0.1) is 5.10 Å². The third-order valence-electron chi connectivity index (χ3n) is 6.85. The number of nitrogen functional groups attached to an aromatic ring is 1. The maximum absolute atomic E-state index is 13.2. The lowest BCUT2D eigenvalue weighted by molar-refractivity contribution is 0.100. The van der Waals surface area contributed by atoms with E-state index in [1.54, 1.807) is 42.1 Å². The monoisotopic (exact) mass is 502 g/mol. The highest BCUT2D eigenvalue weighted by Gasteiger charge is 2.23. The van der Waals surface area contributed by atoms with E-state index >= 15 is 0 Å². The molecule has 0 unspecified atom stereocenters. The Labute approximate surface area is 210 Å². The molecule has 0 bridgehead atoms. The summed E-state index contributed by atoms with van der Waals surface area (Å²) in [7, 11) is 1.70. The topological polar surface area (TPSA) is 159 Å². The Hall–Kier alpha value is -4.65. The molecule has 0 spiro atoms. The number of carbonyl (C=O) groups excluding carboxylic acids is 1.